The predicted octanol–water partition coefficient (Wildman–Crippen LogP) is 1.84. The number of hydrogen-bond donors (Lipinski definition) is 2. The number of aryl methyl sites for hydroxylation is 2. The number of carboxylic acids is 1. The fourth-order valence-corrected chi connectivity index (χ4v) is 3.31. The zero-order valence-electron chi connectivity index (χ0n) is 11.9. The molecule has 0 spiro atoms. The Kier molecular flexibility index (Phi) is 4.15. The van der Waals surface area contributed by atoms with Gasteiger partial charge in [0.25, 0.3) is 5.91 Å². The van der Waals surface area contributed by atoms with Gasteiger partial charge in [-0.3, -0.25) is 9.59 Å². The molecule has 2 rings (SSSR count). The quantitative estimate of drug-likeness (QED) is 0.889. The number of ether oxygens (including phenoxy) is 1. The lowest BCUT2D eigenvalue weighted by atomic mass is 9.85. The van der Waals surface area contributed by atoms with Gasteiger partial charge in [0.1, 0.15) is 5.41 Å². The Morgan fingerprint density at radius 2 is 2.30 bits per heavy atom. The van der Waals surface area contributed by atoms with E-state index in [9.17, 15) is 14.7 Å². The third-order valence-electron chi connectivity index (χ3n) is 3.87. The average Bonchev–Trinajstić information content (AvgIpc) is 2.94. The Balaban J connectivity index is 2.13. The maximum atomic E-state index is 12.2. The van der Waals surface area contributed by atoms with Gasteiger partial charge in [-0.1, -0.05) is 6.92 Å². The van der Waals surface area contributed by atoms with Crippen LogP contribution < -0.4 is 5.32 Å². The first-order valence-corrected chi connectivity index (χ1v) is 7.41. The fourth-order valence-electron chi connectivity index (χ4n) is 2.30. The molecule has 1 fully saturated rings. The number of amides is 1. The van der Waals surface area contributed by atoms with Crippen LogP contribution in [-0.2, 0) is 16.0 Å². The summed E-state index contributed by atoms with van der Waals surface area (Å²) < 4.78 is 5.23. The molecule has 0 radical (unpaired) electrons. The minimum absolute atomic E-state index is 0.122. The molecule has 0 bridgehead atoms. The highest BCUT2D eigenvalue weighted by Gasteiger charge is 2.47. The smallest absolute Gasteiger partial charge is 0.313 e. The topological polar surface area (TPSA) is 75.6 Å². The van der Waals surface area contributed by atoms with E-state index in [1.54, 1.807) is 6.92 Å². The number of carboxylic acid groups (broad SMARTS) is 1. The lowest BCUT2D eigenvalue weighted by molar-refractivity contribution is -0.148. The summed E-state index contributed by atoms with van der Waals surface area (Å²) in [6.45, 7) is 5.99. The summed E-state index contributed by atoms with van der Waals surface area (Å²) in [6.07, 6.45) is 0.884. The van der Waals surface area contributed by atoms with Crippen LogP contribution in [0.3, 0.4) is 0 Å². The maximum absolute atomic E-state index is 12.2. The van der Waals surface area contributed by atoms with E-state index in [1.165, 1.54) is 11.3 Å². The summed E-state index contributed by atoms with van der Waals surface area (Å²) in [7, 11) is 0. The summed E-state index contributed by atoms with van der Waals surface area (Å²) in [5.74, 6) is -1.17. The molecule has 0 aromatic carbocycles. The SMILES string of the molecule is CCc1cc(C(=O)NC2COCC2(C)C(=O)O)sc1C. The summed E-state index contributed by atoms with van der Waals surface area (Å²) in [5, 5.41) is 12.1. The van der Waals surface area contributed by atoms with Crippen molar-refractivity contribution in [3.8, 4) is 0 Å². The van der Waals surface area contributed by atoms with Gasteiger partial charge in [-0.25, -0.2) is 0 Å². The van der Waals surface area contributed by atoms with Gasteiger partial charge in [0.15, 0.2) is 0 Å². The van der Waals surface area contributed by atoms with Crippen LogP contribution in [0.1, 0.15) is 34.0 Å². The molecule has 2 unspecified atom stereocenters. The van der Waals surface area contributed by atoms with Crippen molar-refractivity contribution >= 4 is 23.2 Å². The minimum atomic E-state index is -1.06. The number of rotatable bonds is 4. The number of thiophene rings is 1. The largest absolute Gasteiger partial charge is 0.481 e. The van der Waals surface area contributed by atoms with Crippen LogP contribution in [-0.4, -0.2) is 36.2 Å². The van der Waals surface area contributed by atoms with Crippen molar-refractivity contribution in [2.75, 3.05) is 13.2 Å². The van der Waals surface area contributed by atoms with Crippen molar-refractivity contribution in [1.82, 2.24) is 5.32 Å². The first-order valence-electron chi connectivity index (χ1n) is 6.59. The predicted molar refractivity (Wildman–Crippen MR) is 76.3 cm³/mol. The van der Waals surface area contributed by atoms with E-state index in [-0.39, 0.29) is 19.1 Å². The second-order valence-corrected chi connectivity index (χ2v) is 6.57. The maximum Gasteiger partial charge on any atom is 0.313 e. The van der Waals surface area contributed by atoms with Crippen LogP contribution in [0.15, 0.2) is 6.07 Å². The van der Waals surface area contributed by atoms with E-state index >= 15 is 0 Å². The van der Waals surface area contributed by atoms with E-state index in [0.717, 1.165) is 16.9 Å². The highest BCUT2D eigenvalue weighted by atomic mass is 32.1. The van der Waals surface area contributed by atoms with Crippen LogP contribution in [0.4, 0.5) is 0 Å². The van der Waals surface area contributed by atoms with Crippen LogP contribution in [0, 0.1) is 12.3 Å². The van der Waals surface area contributed by atoms with Gasteiger partial charge in [-0.05, 0) is 31.9 Å². The van der Waals surface area contributed by atoms with Gasteiger partial charge in [-0.2, -0.15) is 0 Å². The third-order valence-corrected chi connectivity index (χ3v) is 4.97. The molecule has 0 aliphatic carbocycles. The Bertz CT molecular complexity index is 539. The zero-order chi connectivity index (χ0) is 14.9. The van der Waals surface area contributed by atoms with Gasteiger partial charge in [-0.15, -0.1) is 11.3 Å². The first-order chi connectivity index (χ1) is 9.38. The molecule has 1 aromatic heterocycles. The molecular formula is C14H19NO4S. The van der Waals surface area contributed by atoms with Crippen molar-refractivity contribution in [2.24, 2.45) is 5.41 Å². The van der Waals surface area contributed by atoms with Crippen molar-refractivity contribution in [3.05, 3.63) is 21.4 Å². The number of carbonyl (C=O) groups is 2. The standard InChI is InChI=1S/C14H19NO4S/c1-4-9-5-10(20-8(9)2)12(16)15-11-6-19-7-14(11,3)13(17)18/h5,11H,4,6-7H2,1-3H3,(H,15,16)(H,17,18). The molecule has 1 aliphatic rings. The summed E-state index contributed by atoms with van der Waals surface area (Å²) in [5.41, 5.74) is 0.0963. The van der Waals surface area contributed by atoms with Crippen molar-refractivity contribution < 1.29 is 19.4 Å². The van der Waals surface area contributed by atoms with E-state index in [0.29, 0.717) is 4.88 Å². The Morgan fingerprint density at radius 1 is 1.60 bits per heavy atom. The van der Waals surface area contributed by atoms with Crippen LogP contribution in [0.5, 0.6) is 0 Å². The van der Waals surface area contributed by atoms with Crippen molar-refractivity contribution in [1.29, 1.82) is 0 Å². The van der Waals surface area contributed by atoms with E-state index < -0.39 is 17.4 Å². The summed E-state index contributed by atoms with van der Waals surface area (Å²) in [6, 6.07) is 1.38. The fraction of sp³-hybridized carbons (Fsp3) is 0.571. The Hall–Kier alpha value is -1.40. The number of nitrogens with one attached hydrogen (secondary N) is 1. The van der Waals surface area contributed by atoms with Crippen LogP contribution in [0.25, 0.3) is 0 Å². The van der Waals surface area contributed by atoms with Crippen LogP contribution in [0.2, 0.25) is 0 Å². The molecule has 1 saturated heterocycles. The molecule has 2 N–H and O–H groups in total. The molecule has 6 heteroatoms. The van der Waals surface area contributed by atoms with Gasteiger partial charge >= 0.3 is 5.97 Å². The molecule has 2 heterocycles. The minimum Gasteiger partial charge on any atom is -0.481 e. The highest BCUT2D eigenvalue weighted by molar-refractivity contribution is 7.14. The van der Waals surface area contributed by atoms with Crippen LogP contribution >= 0.6 is 11.3 Å². The van der Waals surface area contributed by atoms with Gasteiger partial charge in [0.2, 0.25) is 0 Å². The molecule has 1 aliphatic heterocycles. The monoisotopic (exact) mass is 297 g/mol. The summed E-state index contributed by atoms with van der Waals surface area (Å²) >= 11 is 1.44. The lowest BCUT2D eigenvalue weighted by Gasteiger charge is -2.25. The lowest BCUT2D eigenvalue weighted by Crippen LogP contribution is -2.49. The van der Waals surface area contributed by atoms with Gasteiger partial charge < -0.3 is 15.2 Å². The molecule has 1 amide bonds. The summed E-state index contributed by atoms with van der Waals surface area (Å²) in [4.78, 5) is 25.3. The van der Waals surface area contributed by atoms with Gasteiger partial charge in [0, 0.05) is 4.88 Å². The zero-order valence-corrected chi connectivity index (χ0v) is 12.7. The number of carbonyl (C=O) groups excluding carboxylic acids is 1. The first kappa shape index (κ1) is 15.0. The second kappa shape index (κ2) is 5.54. The molecule has 1 aromatic rings. The average molecular weight is 297 g/mol. The van der Waals surface area contributed by atoms with E-state index in [1.807, 2.05) is 19.9 Å². The molecular weight excluding hydrogens is 278 g/mol. The normalized spacial score (nSPS) is 25.6. The van der Waals surface area contributed by atoms with Crippen molar-refractivity contribution in [3.63, 3.8) is 0 Å². The highest BCUT2D eigenvalue weighted by Crippen LogP contribution is 2.29. The molecule has 0 saturated carbocycles. The Morgan fingerprint density at radius 3 is 2.85 bits per heavy atom. The number of aliphatic carboxylic acids is 1. The third kappa shape index (κ3) is 2.58. The van der Waals surface area contributed by atoms with Crippen molar-refractivity contribution in [2.45, 2.75) is 33.2 Å². The second-order valence-electron chi connectivity index (χ2n) is 5.31. The molecule has 5 nitrogen and oxygen atoms in total. The Labute approximate surface area is 121 Å². The van der Waals surface area contributed by atoms with Gasteiger partial charge in [0.05, 0.1) is 24.1 Å². The van der Waals surface area contributed by atoms with E-state index in [4.69, 9.17) is 4.74 Å². The molecule has 110 valence electrons. The van der Waals surface area contributed by atoms with E-state index in [2.05, 4.69) is 5.32 Å². The molecule has 20 heavy (non-hydrogen) atoms. The number of hydrogen-bond acceptors (Lipinski definition) is 4. The molecule has 2 atom stereocenters.